The van der Waals surface area contributed by atoms with E-state index in [0.29, 0.717) is 25.4 Å². The average Bonchev–Trinajstić information content (AvgIpc) is 2.44. The number of nitrogen functional groups attached to an aromatic ring is 1. The molecule has 1 aromatic rings. The number of nitro groups is 1. The molecule has 8 nitrogen and oxygen atoms in total. The van der Waals surface area contributed by atoms with Crippen LogP contribution in [0.4, 0.5) is 11.4 Å². The van der Waals surface area contributed by atoms with Crippen molar-refractivity contribution in [1.82, 2.24) is 4.90 Å². The summed E-state index contributed by atoms with van der Waals surface area (Å²) < 4.78 is 5.54. The Morgan fingerprint density at radius 3 is 2.81 bits per heavy atom. The van der Waals surface area contributed by atoms with Gasteiger partial charge >= 0.3 is 0 Å². The Morgan fingerprint density at radius 1 is 1.52 bits per heavy atom. The van der Waals surface area contributed by atoms with Gasteiger partial charge in [0.25, 0.3) is 11.6 Å². The first-order chi connectivity index (χ1) is 9.84. The lowest BCUT2D eigenvalue weighted by Crippen LogP contribution is -2.50. The van der Waals surface area contributed by atoms with E-state index in [1.165, 1.54) is 18.2 Å². The molecular weight excluding hydrogens is 276 g/mol. The molecule has 0 saturated carbocycles. The molecule has 8 heteroatoms. The molecule has 114 valence electrons. The Hall–Kier alpha value is -2.19. The molecule has 0 bridgehead atoms. The first kappa shape index (κ1) is 15.2. The van der Waals surface area contributed by atoms with Crippen LogP contribution < -0.4 is 11.3 Å². The van der Waals surface area contributed by atoms with Crippen molar-refractivity contribution in [2.45, 2.75) is 19.4 Å². The quantitative estimate of drug-likeness (QED) is 0.491. The van der Waals surface area contributed by atoms with Gasteiger partial charge in [0.2, 0.25) is 0 Å². The number of nitrogens with one attached hydrogen (secondary N) is 1. The third kappa shape index (κ3) is 3.29. The molecule has 0 spiro atoms. The largest absolute Gasteiger partial charge is 0.372 e. The van der Waals surface area contributed by atoms with Crippen molar-refractivity contribution in [3.8, 4) is 0 Å². The second-order valence-corrected chi connectivity index (χ2v) is 5.47. The molecule has 0 radical (unpaired) electrons. The van der Waals surface area contributed by atoms with Gasteiger partial charge in [0, 0.05) is 24.8 Å². The van der Waals surface area contributed by atoms with Crippen LogP contribution >= 0.6 is 0 Å². The number of carbonyl (C=O) groups excluding carboxylic acids is 1. The van der Waals surface area contributed by atoms with Crippen molar-refractivity contribution < 1.29 is 14.5 Å². The van der Waals surface area contributed by atoms with Gasteiger partial charge in [0.1, 0.15) is 5.56 Å². The fourth-order valence-electron chi connectivity index (χ4n) is 2.32. The van der Waals surface area contributed by atoms with E-state index < -0.39 is 16.4 Å². The summed E-state index contributed by atoms with van der Waals surface area (Å²) in [5, 5.41) is 11.1. The van der Waals surface area contributed by atoms with E-state index in [-0.39, 0.29) is 11.3 Å². The van der Waals surface area contributed by atoms with Gasteiger partial charge in [-0.1, -0.05) is 0 Å². The highest BCUT2D eigenvalue weighted by Gasteiger charge is 2.33. The van der Waals surface area contributed by atoms with Crippen LogP contribution in [-0.4, -0.2) is 41.0 Å². The Kier molecular flexibility index (Phi) is 4.10. The van der Waals surface area contributed by atoms with E-state index in [0.717, 1.165) is 0 Å². The smallest absolute Gasteiger partial charge is 0.282 e. The monoisotopic (exact) mass is 294 g/mol. The molecule has 1 aliphatic rings. The number of nitrogens with two attached hydrogens (primary N) is 1. The van der Waals surface area contributed by atoms with Gasteiger partial charge < -0.3 is 15.1 Å². The van der Waals surface area contributed by atoms with Crippen molar-refractivity contribution in [3.63, 3.8) is 0 Å². The second kappa shape index (κ2) is 5.66. The molecule has 3 N–H and O–H groups in total. The molecular formula is C13H18N4O4. The molecule has 1 aromatic carbocycles. The minimum atomic E-state index is -0.570. The number of hydrogen-bond acceptors (Lipinski definition) is 6. The molecule has 0 aromatic heterocycles. The number of anilines is 1. The SMILES string of the molecule is CC1(C)CN(C(=O)c2cc(NN)ccc2[N+](=O)[O-])CCO1. The predicted molar refractivity (Wildman–Crippen MR) is 76.8 cm³/mol. The maximum Gasteiger partial charge on any atom is 0.282 e. The van der Waals surface area contributed by atoms with Crippen LogP contribution in [0.2, 0.25) is 0 Å². The molecule has 1 aliphatic heterocycles. The van der Waals surface area contributed by atoms with E-state index in [4.69, 9.17) is 10.6 Å². The third-order valence-electron chi connectivity index (χ3n) is 3.30. The molecule has 21 heavy (non-hydrogen) atoms. The van der Waals surface area contributed by atoms with Crippen molar-refractivity contribution in [3.05, 3.63) is 33.9 Å². The summed E-state index contributed by atoms with van der Waals surface area (Å²) in [6, 6.07) is 4.12. The normalized spacial score (nSPS) is 17.4. The topological polar surface area (TPSA) is 111 Å². The molecule has 0 unspecified atom stereocenters. The number of hydrazine groups is 1. The number of benzene rings is 1. The van der Waals surface area contributed by atoms with E-state index in [1.807, 2.05) is 13.8 Å². The van der Waals surface area contributed by atoms with Gasteiger partial charge in [-0.2, -0.15) is 0 Å². The molecule has 0 atom stereocenters. The van der Waals surface area contributed by atoms with Crippen LogP contribution in [0, 0.1) is 10.1 Å². The van der Waals surface area contributed by atoms with Gasteiger partial charge in [0.15, 0.2) is 0 Å². The molecule has 0 aliphatic carbocycles. The number of hydrogen-bond donors (Lipinski definition) is 2. The number of carbonyl (C=O) groups is 1. The highest BCUT2D eigenvalue weighted by atomic mass is 16.6. The summed E-state index contributed by atoms with van der Waals surface area (Å²) in [6.07, 6.45) is 0. The summed E-state index contributed by atoms with van der Waals surface area (Å²) in [5.74, 6) is 4.91. The highest BCUT2D eigenvalue weighted by molar-refractivity contribution is 5.99. The highest BCUT2D eigenvalue weighted by Crippen LogP contribution is 2.26. The van der Waals surface area contributed by atoms with E-state index >= 15 is 0 Å². The number of morpholine rings is 1. The lowest BCUT2D eigenvalue weighted by atomic mass is 10.1. The number of rotatable bonds is 3. The number of amides is 1. The van der Waals surface area contributed by atoms with Crippen LogP contribution in [0.3, 0.4) is 0 Å². The van der Waals surface area contributed by atoms with Gasteiger partial charge in [0.05, 0.1) is 17.1 Å². The molecule has 1 heterocycles. The zero-order valence-electron chi connectivity index (χ0n) is 12.0. The Morgan fingerprint density at radius 2 is 2.24 bits per heavy atom. The van der Waals surface area contributed by atoms with Crippen molar-refractivity contribution >= 4 is 17.3 Å². The van der Waals surface area contributed by atoms with Gasteiger partial charge in [-0.05, 0) is 26.0 Å². The lowest BCUT2D eigenvalue weighted by molar-refractivity contribution is -0.385. The molecule has 1 fully saturated rings. The number of nitrogens with zero attached hydrogens (tertiary/aromatic N) is 2. The predicted octanol–water partition coefficient (Wildman–Crippen LogP) is 1.13. The third-order valence-corrected chi connectivity index (χ3v) is 3.30. The van der Waals surface area contributed by atoms with E-state index in [9.17, 15) is 14.9 Å². The summed E-state index contributed by atoms with van der Waals surface area (Å²) in [4.78, 5) is 24.7. The fourth-order valence-corrected chi connectivity index (χ4v) is 2.32. The summed E-state index contributed by atoms with van der Waals surface area (Å²) >= 11 is 0. The van der Waals surface area contributed by atoms with Gasteiger partial charge in [-0.25, -0.2) is 0 Å². The van der Waals surface area contributed by atoms with Crippen LogP contribution in [0.1, 0.15) is 24.2 Å². The number of nitro benzene ring substituents is 1. The number of ether oxygens (including phenoxy) is 1. The molecule has 1 saturated heterocycles. The van der Waals surface area contributed by atoms with E-state index in [2.05, 4.69) is 5.43 Å². The molecule has 2 rings (SSSR count). The van der Waals surface area contributed by atoms with Gasteiger partial charge in [-0.3, -0.25) is 20.8 Å². The first-order valence-corrected chi connectivity index (χ1v) is 6.52. The lowest BCUT2D eigenvalue weighted by Gasteiger charge is -2.38. The average molecular weight is 294 g/mol. The Balaban J connectivity index is 2.35. The maximum atomic E-state index is 12.6. The minimum absolute atomic E-state index is 0.0214. The molecule has 1 amide bonds. The minimum Gasteiger partial charge on any atom is -0.372 e. The van der Waals surface area contributed by atoms with Gasteiger partial charge in [-0.15, -0.1) is 0 Å². The van der Waals surface area contributed by atoms with Crippen LogP contribution in [0.25, 0.3) is 0 Å². The summed E-state index contributed by atoms with van der Waals surface area (Å²) in [7, 11) is 0. The van der Waals surface area contributed by atoms with E-state index in [1.54, 1.807) is 4.90 Å². The van der Waals surface area contributed by atoms with Crippen LogP contribution in [0.15, 0.2) is 18.2 Å². The zero-order valence-corrected chi connectivity index (χ0v) is 12.0. The van der Waals surface area contributed by atoms with Crippen molar-refractivity contribution in [2.75, 3.05) is 25.1 Å². The fraction of sp³-hybridized carbons (Fsp3) is 0.462. The summed E-state index contributed by atoms with van der Waals surface area (Å²) in [5.41, 5.74) is 2.15. The Labute approximate surface area is 122 Å². The first-order valence-electron chi connectivity index (χ1n) is 6.52. The standard InChI is InChI=1S/C13H18N4O4/c1-13(2)8-16(5-6-21-13)12(18)10-7-9(15-14)3-4-11(10)17(19)20/h3-4,7,15H,5-6,8,14H2,1-2H3. The van der Waals surface area contributed by atoms with Crippen molar-refractivity contribution in [2.24, 2.45) is 5.84 Å². The van der Waals surface area contributed by atoms with Crippen LogP contribution in [-0.2, 0) is 4.74 Å². The van der Waals surface area contributed by atoms with Crippen molar-refractivity contribution in [1.29, 1.82) is 0 Å². The second-order valence-electron chi connectivity index (χ2n) is 5.47. The summed E-state index contributed by atoms with van der Waals surface area (Å²) in [6.45, 7) is 4.93. The zero-order chi connectivity index (χ0) is 15.6. The maximum absolute atomic E-state index is 12.6. The Bertz CT molecular complexity index is 573. The van der Waals surface area contributed by atoms with Crippen LogP contribution in [0.5, 0.6) is 0 Å².